The van der Waals surface area contributed by atoms with Gasteiger partial charge < -0.3 is 15.0 Å². The zero-order valence-corrected chi connectivity index (χ0v) is 16.0. The zero-order chi connectivity index (χ0) is 19.4. The van der Waals surface area contributed by atoms with E-state index in [0.717, 1.165) is 25.7 Å². The second-order valence-corrected chi connectivity index (χ2v) is 7.80. The Hall–Kier alpha value is -2.12. The number of hydrogen-bond donors (Lipinski definition) is 1. The minimum Gasteiger partial charge on any atom is -0.465 e. The highest BCUT2D eigenvalue weighted by Gasteiger charge is 2.52. The predicted octanol–water partition coefficient (Wildman–Crippen LogP) is 1.43. The Kier molecular flexibility index (Phi) is 6.01. The summed E-state index contributed by atoms with van der Waals surface area (Å²) in [5, 5.41) is 2.85. The molecule has 2 saturated carbocycles. The first-order valence-electron chi connectivity index (χ1n) is 10.0. The van der Waals surface area contributed by atoms with Gasteiger partial charge in [0.2, 0.25) is 5.91 Å². The first-order chi connectivity index (χ1) is 12.9. The van der Waals surface area contributed by atoms with Gasteiger partial charge in [0.05, 0.1) is 6.61 Å². The lowest BCUT2D eigenvalue weighted by Crippen LogP contribution is -2.44. The summed E-state index contributed by atoms with van der Waals surface area (Å²) >= 11 is 0. The standard InChI is InChI=1S/C19H29N3O5/c1-2-27-16(24)13-21(12-14-7-8-14)15(23)6-5-11-22-17(25)19(20-18(22)26)9-3-4-10-19/h14H,2-13H2,1H3,(H,20,26). The number of nitrogens with zero attached hydrogens (tertiary/aromatic N) is 2. The molecule has 0 aromatic rings. The van der Waals surface area contributed by atoms with E-state index in [-0.39, 0.29) is 44.0 Å². The molecule has 0 atom stereocenters. The van der Waals surface area contributed by atoms with E-state index in [1.165, 1.54) is 4.90 Å². The van der Waals surface area contributed by atoms with E-state index in [1.54, 1.807) is 11.8 Å². The Morgan fingerprint density at radius 3 is 2.59 bits per heavy atom. The van der Waals surface area contributed by atoms with Gasteiger partial charge in [0.1, 0.15) is 12.1 Å². The molecule has 1 heterocycles. The van der Waals surface area contributed by atoms with E-state index in [9.17, 15) is 19.2 Å². The lowest BCUT2D eigenvalue weighted by Gasteiger charge is -2.22. The molecule has 0 aromatic heterocycles. The number of nitrogens with one attached hydrogen (secondary N) is 1. The molecule has 3 aliphatic rings. The van der Waals surface area contributed by atoms with E-state index >= 15 is 0 Å². The van der Waals surface area contributed by atoms with Gasteiger partial charge >= 0.3 is 12.0 Å². The van der Waals surface area contributed by atoms with E-state index < -0.39 is 11.5 Å². The van der Waals surface area contributed by atoms with Crippen LogP contribution in [0.5, 0.6) is 0 Å². The Morgan fingerprint density at radius 1 is 1.26 bits per heavy atom. The summed E-state index contributed by atoms with van der Waals surface area (Å²) in [6.45, 7) is 2.80. The third kappa shape index (κ3) is 4.59. The highest BCUT2D eigenvalue weighted by Crippen LogP contribution is 2.35. The molecule has 0 bridgehead atoms. The van der Waals surface area contributed by atoms with Crippen LogP contribution >= 0.6 is 0 Å². The third-order valence-corrected chi connectivity index (χ3v) is 5.63. The van der Waals surface area contributed by atoms with Crippen molar-refractivity contribution in [3.63, 3.8) is 0 Å². The van der Waals surface area contributed by atoms with Crippen LogP contribution in [0.3, 0.4) is 0 Å². The molecule has 0 radical (unpaired) electrons. The van der Waals surface area contributed by atoms with E-state index in [2.05, 4.69) is 5.32 Å². The van der Waals surface area contributed by atoms with Crippen molar-refractivity contribution in [2.24, 2.45) is 5.92 Å². The molecular formula is C19H29N3O5. The van der Waals surface area contributed by atoms with Crippen molar-refractivity contribution < 1.29 is 23.9 Å². The van der Waals surface area contributed by atoms with Gasteiger partial charge in [0, 0.05) is 19.5 Å². The minimum atomic E-state index is -0.705. The van der Waals surface area contributed by atoms with Gasteiger partial charge in [0.15, 0.2) is 0 Å². The summed E-state index contributed by atoms with van der Waals surface area (Å²) in [6.07, 6.45) is 6.05. The zero-order valence-electron chi connectivity index (χ0n) is 16.0. The third-order valence-electron chi connectivity index (χ3n) is 5.63. The molecule has 2 aliphatic carbocycles. The summed E-state index contributed by atoms with van der Waals surface area (Å²) in [4.78, 5) is 51.9. The molecule has 150 valence electrons. The van der Waals surface area contributed by atoms with Crippen molar-refractivity contribution in [2.45, 2.75) is 63.8 Å². The molecule has 0 aromatic carbocycles. The molecule has 4 amide bonds. The van der Waals surface area contributed by atoms with Crippen molar-refractivity contribution in [3.05, 3.63) is 0 Å². The van der Waals surface area contributed by atoms with Gasteiger partial charge in [-0.1, -0.05) is 12.8 Å². The molecule has 3 fully saturated rings. The van der Waals surface area contributed by atoms with Crippen LogP contribution in [0.1, 0.15) is 58.3 Å². The average Bonchev–Trinajstić information content (AvgIpc) is 3.27. The summed E-state index contributed by atoms with van der Waals surface area (Å²) in [5.41, 5.74) is -0.705. The van der Waals surface area contributed by atoms with Gasteiger partial charge in [-0.25, -0.2) is 4.79 Å². The van der Waals surface area contributed by atoms with Crippen molar-refractivity contribution in [1.82, 2.24) is 15.1 Å². The highest BCUT2D eigenvalue weighted by molar-refractivity contribution is 6.07. The fraction of sp³-hybridized carbons (Fsp3) is 0.789. The summed E-state index contributed by atoms with van der Waals surface area (Å²) in [5.74, 6) is -0.211. The molecule has 8 heteroatoms. The number of hydrogen-bond acceptors (Lipinski definition) is 5. The molecule has 0 unspecified atom stereocenters. The number of amides is 4. The number of imide groups is 1. The predicted molar refractivity (Wildman–Crippen MR) is 96.6 cm³/mol. The van der Waals surface area contributed by atoms with E-state index in [0.29, 0.717) is 31.7 Å². The van der Waals surface area contributed by atoms with Gasteiger partial charge in [-0.3, -0.25) is 19.3 Å². The van der Waals surface area contributed by atoms with Gasteiger partial charge in [0.25, 0.3) is 5.91 Å². The molecule has 8 nitrogen and oxygen atoms in total. The molecule has 1 saturated heterocycles. The van der Waals surface area contributed by atoms with Crippen molar-refractivity contribution in [2.75, 3.05) is 26.2 Å². The summed E-state index contributed by atoms with van der Waals surface area (Å²) in [7, 11) is 0. The molecule has 1 spiro atoms. The van der Waals surface area contributed by atoms with Crippen LogP contribution < -0.4 is 5.32 Å². The van der Waals surface area contributed by atoms with Gasteiger partial charge in [-0.2, -0.15) is 0 Å². The average molecular weight is 379 g/mol. The minimum absolute atomic E-state index is 0.0323. The van der Waals surface area contributed by atoms with Gasteiger partial charge in [-0.05, 0) is 44.9 Å². The number of ether oxygens (including phenoxy) is 1. The van der Waals surface area contributed by atoms with Crippen LogP contribution in [-0.2, 0) is 19.1 Å². The van der Waals surface area contributed by atoms with Crippen molar-refractivity contribution in [1.29, 1.82) is 0 Å². The fourth-order valence-electron chi connectivity index (χ4n) is 3.97. The lowest BCUT2D eigenvalue weighted by atomic mass is 9.98. The first kappa shape index (κ1) is 19.6. The van der Waals surface area contributed by atoms with Crippen LogP contribution in [0.4, 0.5) is 4.79 Å². The van der Waals surface area contributed by atoms with Crippen LogP contribution in [-0.4, -0.2) is 65.4 Å². The first-order valence-corrected chi connectivity index (χ1v) is 10.0. The molecular weight excluding hydrogens is 350 g/mol. The maximum Gasteiger partial charge on any atom is 0.325 e. The lowest BCUT2D eigenvalue weighted by molar-refractivity contribution is -0.149. The summed E-state index contributed by atoms with van der Waals surface area (Å²) < 4.78 is 4.95. The van der Waals surface area contributed by atoms with Crippen molar-refractivity contribution in [3.8, 4) is 0 Å². The van der Waals surface area contributed by atoms with Crippen LogP contribution in [0.15, 0.2) is 0 Å². The monoisotopic (exact) mass is 379 g/mol. The number of urea groups is 1. The van der Waals surface area contributed by atoms with Crippen molar-refractivity contribution >= 4 is 23.8 Å². The number of rotatable bonds is 9. The van der Waals surface area contributed by atoms with E-state index in [1.807, 2.05) is 0 Å². The molecule has 1 aliphatic heterocycles. The van der Waals surface area contributed by atoms with E-state index in [4.69, 9.17) is 4.74 Å². The quantitative estimate of drug-likeness (QED) is 0.483. The summed E-state index contributed by atoms with van der Waals surface area (Å²) in [6, 6.07) is -0.351. The molecule has 3 rings (SSSR count). The largest absolute Gasteiger partial charge is 0.465 e. The number of carbonyl (C=O) groups excluding carboxylic acids is 4. The highest BCUT2D eigenvalue weighted by atomic mass is 16.5. The Labute approximate surface area is 159 Å². The second-order valence-electron chi connectivity index (χ2n) is 7.80. The molecule has 27 heavy (non-hydrogen) atoms. The Morgan fingerprint density at radius 2 is 1.96 bits per heavy atom. The Bertz CT molecular complexity index is 610. The van der Waals surface area contributed by atoms with Crippen LogP contribution in [0, 0.1) is 5.92 Å². The van der Waals surface area contributed by atoms with Crippen LogP contribution in [0.25, 0.3) is 0 Å². The normalized spacial score (nSPS) is 20.9. The maximum absolute atomic E-state index is 12.6. The number of esters is 1. The topological polar surface area (TPSA) is 96.0 Å². The molecule has 1 N–H and O–H groups in total. The Balaban J connectivity index is 1.49. The second kappa shape index (κ2) is 8.27. The smallest absolute Gasteiger partial charge is 0.325 e. The maximum atomic E-state index is 12.6. The fourth-order valence-corrected chi connectivity index (χ4v) is 3.97. The van der Waals surface area contributed by atoms with Crippen LogP contribution in [0.2, 0.25) is 0 Å². The SMILES string of the molecule is CCOC(=O)CN(CC1CC1)C(=O)CCCN1C(=O)NC2(CCCC2)C1=O. The van der Waals surface area contributed by atoms with Gasteiger partial charge in [-0.15, -0.1) is 0 Å². The number of carbonyl (C=O) groups is 4.